The molecule has 0 radical (unpaired) electrons. The zero-order chi connectivity index (χ0) is 37.2. The van der Waals surface area contributed by atoms with Crippen LogP contribution >= 0.6 is 39.5 Å². The zero-order valence-electron chi connectivity index (χ0n) is 31.2. The molecule has 0 spiro atoms. The lowest BCUT2D eigenvalue weighted by molar-refractivity contribution is 0.0130. The molecule has 4 rings (SSSR count). The van der Waals surface area contributed by atoms with Crippen molar-refractivity contribution in [2.75, 3.05) is 11.9 Å². The van der Waals surface area contributed by atoms with Crippen LogP contribution in [0.3, 0.4) is 0 Å². The van der Waals surface area contributed by atoms with E-state index >= 15 is 0 Å². The Morgan fingerprint density at radius 2 is 1.76 bits per heavy atom. The van der Waals surface area contributed by atoms with E-state index in [4.69, 9.17) is 26.3 Å². The van der Waals surface area contributed by atoms with Crippen LogP contribution in [0.5, 0.6) is 0 Å². The smallest absolute Gasteiger partial charge is 0.410 e. The van der Waals surface area contributed by atoms with Gasteiger partial charge in [-0.1, -0.05) is 59.2 Å². The second-order valence-electron chi connectivity index (χ2n) is 16.8. The minimum absolute atomic E-state index is 0.0419. The lowest BCUT2D eigenvalue weighted by atomic mass is 9.86. The summed E-state index contributed by atoms with van der Waals surface area (Å²) in [6.07, 6.45) is 4.15. The summed E-state index contributed by atoms with van der Waals surface area (Å²) in [5, 5.41) is 4.39. The molecule has 2 amide bonds. The number of halogens is 2. The number of anilines is 1. The Morgan fingerprint density at radius 1 is 1.06 bits per heavy atom. The molecular weight excluding hydrogens is 736 g/mol. The van der Waals surface area contributed by atoms with Crippen molar-refractivity contribution >= 4 is 57.3 Å². The maximum Gasteiger partial charge on any atom is 0.410 e. The first-order chi connectivity index (χ1) is 23.0. The summed E-state index contributed by atoms with van der Waals surface area (Å²) in [6.45, 7) is 23.2. The Bertz CT molecular complexity index is 1700. The van der Waals surface area contributed by atoms with Gasteiger partial charge in [-0.25, -0.2) is 14.8 Å². The summed E-state index contributed by atoms with van der Waals surface area (Å²) < 4.78 is 9.33. The van der Waals surface area contributed by atoms with Gasteiger partial charge in [0, 0.05) is 40.1 Å². The highest BCUT2D eigenvalue weighted by atomic mass is 79.9. The summed E-state index contributed by atoms with van der Waals surface area (Å²) in [5.74, 6) is 0.600. The normalized spacial score (nSPS) is 17.0. The number of nitrogens with zero attached hydrogens (tertiary/aromatic N) is 4. The number of ether oxygens (including phenoxy) is 1. The largest absolute Gasteiger partial charge is 0.444 e. The molecule has 272 valence electrons. The lowest BCUT2D eigenvalue weighted by Crippen LogP contribution is -2.45. The third-order valence-corrected chi connectivity index (χ3v) is 10.2. The third kappa shape index (κ3) is 10.6. The van der Waals surface area contributed by atoms with E-state index in [0.29, 0.717) is 23.3 Å². The monoisotopic (exact) mass is 786 g/mol. The number of hydrogen-bond donors (Lipinski definition) is 2. The van der Waals surface area contributed by atoms with E-state index in [2.05, 4.69) is 77.7 Å². The Hall–Kier alpha value is -2.89. The van der Waals surface area contributed by atoms with Crippen LogP contribution < -0.4 is 10.0 Å². The highest BCUT2D eigenvalue weighted by Crippen LogP contribution is 2.38. The minimum Gasteiger partial charge on any atom is -0.444 e. The molecule has 0 saturated carbocycles. The predicted octanol–water partition coefficient (Wildman–Crippen LogP) is 10.3. The Morgan fingerprint density at radius 3 is 2.40 bits per heavy atom. The van der Waals surface area contributed by atoms with Gasteiger partial charge in [-0.15, -0.1) is 0 Å². The number of rotatable bonds is 9. The van der Waals surface area contributed by atoms with Gasteiger partial charge < -0.3 is 15.0 Å². The molecule has 0 aliphatic carbocycles. The quantitative estimate of drug-likeness (QED) is 0.163. The van der Waals surface area contributed by atoms with E-state index in [1.54, 1.807) is 6.07 Å². The molecule has 12 heteroatoms. The maximum atomic E-state index is 13.1. The first-order valence-corrected chi connectivity index (χ1v) is 19.1. The van der Waals surface area contributed by atoms with Crippen molar-refractivity contribution in [3.05, 3.63) is 74.7 Å². The SMILES string of the molecule is CC(C)(C)OC(=O)N1CC(CCC(Nc2cccc(SNC(=O)c3cc(Br)c(C(C)(C)C)nc3Cl)n2)c2cc(C(C)(C)C)ccn2)CC1(C)C. The average Bonchev–Trinajstić information content (AvgIpc) is 3.31. The van der Waals surface area contributed by atoms with Crippen LogP contribution in [0.1, 0.15) is 129 Å². The fourth-order valence-corrected chi connectivity index (χ4v) is 7.79. The number of likely N-dealkylation sites (tertiary alicyclic amines) is 1. The van der Waals surface area contributed by atoms with Crippen molar-refractivity contribution in [1.29, 1.82) is 0 Å². The molecule has 2 unspecified atom stereocenters. The van der Waals surface area contributed by atoms with Gasteiger partial charge in [0.2, 0.25) is 0 Å². The third-order valence-electron chi connectivity index (χ3n) is 8.62. The van der Waals surface area contributed by atoms with E-state index in [1.165, 1.54) is 5.56 Å². The number of carbonyl (C=O) groups excluding carboxylic acids is 2. The van der Waals surface area contributed by atoms with Gasteiger partial charge in [-0.2, -0.15) is 0 Å². The molecule has 2 N–H and O–H groups in total. The number of nitrogens with one attached hydrogen (secondary N) is 2. The van der Waals surface area contributed by atoms with E-state index in [1.807, 2.05) is 70.8 Å². The molecule has 1 saturated heterocycles. The fourth-order valence-electron chi connectivity index (χ4n) is 6.06. The molecular formula is C38H52BrClN6O3S. The fraction of sp³-hybridized carbons (Fsp3) is 0.553. The van der Waals surface area contributed by atoms with Crippen LogP contribution in [0.15, 0.2) is 52.1 Å². The number of aromatic nitrogens is 3. The molecule has 1 fully saturated rings. The van der Waals surface area contributed by atoms with Gasteiger partial charge in [0.15, 0.2) is 0 Å². The number of amides is 2. The predicted molar refractivity (Wildman–Crippen MR) is 207 cm³/mol. The summed E-state index contributed by atoms with van der Waals surface area (Å²) in [4.78, 5) is 42.2. The van der Waals surface area contributed by atoms with Gasteiger partial charge in [0.1, 0.15) is 21.6 Å². The van der Waals surface area contributed by atoms with Crippen molar-refractivity contribution in [3.8, 4) is 0 Å². The highest BCUT2D eigenvalue weighted by molar-refractivity contribution is 9.10. The number of hydrogen-bond acceptors (Lipinski definition) is 8. The van der Waals surface area contributed by atoms with Crippen LogP contribution in [-0.2, 0) is 15.6 Å². The first kappa shape index (κ1) is 39.9. The standard InChI is InChI=1S/C38H52BrClN6O3S/c1-35(2,3)24-17-18-41-28(19-24)27(16-15-23-21-38(10,11)46(22-23)34(48)49-37(7,8)9)42-29-13-12-14-30(43-29)50-45-33(47)25-20-26(39)31(36(4,5)6)44-32(25)40/h12-14,17-20,23,27H,15-16,21-22H2,1-11H3,(H,42,43)(H,45,47). The van der Waals surface area contributed by atoms with Gasteiger partial charge in [-0.3, -0.25) is 14.5 Å². The summed E-state index contributed by atoms with van der Waals surface area (Å²) in [5.41, 5.74) is 2.05. The summed E-state index contributed by atoms with van der Waals surface area (Å²) in [7, 11) is 0. The molecule has 9 nitrogen and oxygen atoms in total. The minimum atomic E-state index is -0.550. The van der Waals surface area contributed by atoms with Crippen molar-refractivity contribution in [2.24, 2.45) is 5.92 Å². The summed E-state index contributed by atoms with van der Waals surface area (Å²) in [6, 6.07) is 11.5. The zero-order valence-corrected chi connectivity index (χ0v) is 34.4. The molecule has 2 atom stereocenters. The molecule has 3 aromatic rings. The molecule has 0 bridgehead atoms. The second kappa shape index (κ2) is 15.4. The van der Waals surface area contributed by atoms with Gasteiger partial charge in [0.25, 0.3) is 5.91 Å². The maximum absolute atomic E-state index is 13.1. The second-order valence-corrected chi connectivity index (χ2v) is 18.8. The van der Waals surface area contributed by atoms with Gasteiger partial charge in [-0.05, 0) is 117 Å². The Balaban J connectivity index is 1.51. The van der Waals surface area contributed by atoms with Crippen LogP contribution in [0.25, 0.3) is 0 Å². The molecule has 1 aliphatic rings. The molecule has 0 aromatic carbocycles. The van der Waals surface area contributed by atoms with Crippen molar-refractivity contribution in [1.82, 2.24) is 24.6 Å². The topological polar surface area (TPSA) is 109 Å². The summed E-state index contributed by atoms with van der Waals surface area (Å²) >= 11 is 11.1. The van der Waals surface area contributed by atoms with Crippen LogP contribution in [0.4, 0.5) is 10.6 Å². The van der Waals surface area contributed by atoms with Crippen molar-refractivity contribution in [3.63, 3.8) is 0 Å². The van der Waals surface area contributed by atoms with Gasteiger partial charge >= 0.3 is 6.09 Å². The first-order valence-electron chi connectivity index (χ1n) is 17.1. The molecule has 3 aromatic heterocycles. The molecule has 4 heterocycles. The molecule has 50 heavy (non-hydrogen) atoms. The van der Waals surface area contributed by atoms with Crippen LogP contribution in [-0.4, -0.2) is 49.5 Å². The van der Waals surface area contributed by atoms with E-state index in [0.717, 1.165) is 47.1 Å². The van der Waals surface area contributed by atoms with Crippen molar-refractivity contribution < 1.29 is 14.3 Å². The Labute approximate surface area is 315 Å². The van der Waals surface area contributed by atoms with Crippen molar-refractivity contribution in [2.45, 2.75) is 128 Å². The average molecular weight is 788 g/mol. The highest BCUT2D eigenvalue weighted by Gasteiger charge is 2.43. The van der Waals surface area contributed by atoms with Crippen LogP contribution in [0.2, 0.25) is 5.15 Å². The van der Waals surface area contributed by atoms with E-state index < -0.39 is 5.60 Å². The number of pyridine rings is 3. The van der Waals surface area contributed by atoms with Crippen LogP contribution in [0, 0.1) is 5.92 Å². The Kier molecular flexibility index (Phi) is 12.3. The molecule has 1 aliphatic heterocycles. The van der Waals surface area contributed by atoms with E-state index in [-0.39, 0.29) is 45.1 Å². The lowest BCUT2D eigenvalue weighted by Gasteiger charge is -2.33. The van der Waals surface area contributed by atoms with E-state index in [9.17, 15) is 9.59 Å². The van der Waals surface area contributed by atoms with Gasteiger partial charge in [0.05, 0.1) is 23.0 Å². The number of carbonyl (C=O) groups is 2.